The number of H-pyrrole nitrogens is 1. The number of aromatic amines is 1. The molecule has 0 saturated carbocycles. The molecule has 2 aromatic heterocycles. The van der Waals surface area contributed by atoms with Crippen molar-refractivity contribution >= 4 is 21.8 Å². The first-order valence-corrected chi connectivity index (χ1v) is 10.2. The molecule has 1 N–H and O–H groups in total. The molecule has 0 spiro atoms. The van der Waals surface area contributed by atoms with Crippen molar-refractivity contribution in [2.75, 3.05) is 33.3 Å². The molecule has 0 bridgehead atoms. The normalized spacial score (nSPS) is 21.8. The maximum atomic E-state index is 15.1. The molecule has 4 aromatic rings. The molecule has 2 aromatic carbocycles. The van der Waals surface area contributed by atoms with Crippen LogP contribution in [0, 0.1) is 12.7 Å². The van der Waals surface area contributed by atoms with Gasteiger partial charge in [0, 0.05) is 40.1 Å². The lowest BCUT2D eigenvalue weighted by atomic mass is 10.2. The van der Waals surface area contributed by atoms with Crippen LogP contribution in [0.3, 0.4) is 0 Å². The van der Waals surface area contributed by atoms with Crippen LogP contribution in [0.5, 0.6) is 23.1 Å². The highest BCUT2D eigenvalue weighted by Crippen LogP contribution is 2.37. The van der Waals surface area contributed by atoms with Gasteiger partial charge in [-0.3, -0.25) is 0 Å². The van der Waals surface area contributed by atoms with Crippen LogP contribution in [0.4, 0.5) is 4.39 Å². The minimum atomic E-state index is -2.76. The molecule has 0 aliphatic carbocycles. The number of nitrogens with zero attached hydrogens (tertiary/aromatic N) is 3. The number of halogens is 1. The van der Waals surface area contributed by atoms with E-state index < -0.39 is 51.1 Å². The Balaban J connectivity index is 1.40. The highest BCUT2D eigenvalue weighted by Gasteiger charge is 2.17. The molecule has 7 nitrogen and oxygen atoms in total. The van der Waals surface area contributed by atoms with Crippen LogP contribution < -0.4 is 14.2 Å². The van der Waals surface area contributed by atoms with Crippen LogP contribution in [0.2, 0.25) is 0 Å². The Morgan fingerprint density at radius 2 is 1.97 bits per heavy atom. The molecule has 0 amide bonds. The Hall–Kier alpha value is -3.39. The lowest BCUT2D eigenvalue weighted by Crippen LogP contribution is -2.21. The fourth-order valence-electron chi connectivity index (χ4n) is 3.56. The van der Waals surface area contributed by atoms with E-state index in [2.05, 4.69) is 15.0 Å². The lowest BCUT2D eigenvalue weighted by Gasteiger charge is -2.16. The Kier molecular flexibility index (Phi) is 3.92. The zero-order valence-corrected chi connectivity index (χ0v) is 18.0. The Bertz CT molecular complexity index is 1620. The molecule has 8 heteroatoms. The summed E-state index contributed by atoms with van der Waals surface area (Å²) in [5.74, 6) is -0.427. The van der Waals surface area contributed by atoms with Crippen LogP contribution in [-0.4, -0.2) is 53.2 Å². The van der Waals surface area contributed by atoms with Gasteiger partial charge in [0.25, 0.3) is 0 Å². The maximum absolute atomic E-state index is 15.1. The molecule has 1 aliphatic rings. The van der Waals surface area contributed by atoms with Crippen molar-refractivity contribution in [3.63, 3.8) is 0 Å². The molecule has 1 aliphatic heterocycles. The Morgan fingerprint density at radius 3 is 2.79 bits per heavy atom. The number of benzene rings is 2. The van der Waals surface area contributed by atoms with Crippen LogP contribution in [0.15, 0.2) is 36.7 Å². The summed E-state index contributed by atoms with van der Waals surface area (Å²) in [6, 6.07) is 7.73. The summed E-state index contributed by atoms with van der Waals surface area (Å²) in [5, 5.41) is 0.711. The summed E-state index contributed by atoms with van der Waals surface area (Å²) >= 11 is 0. The van der Waals surface area contributed by atoms with Gasteiger partial charge in [-0.1, -0.05) is 0 Å². The van der Waals surface area contributed by atoms with E-state index in [1.807, 2.05) is 6.92 Å². The highest BCUT2D eigenvalue weighted by molar-refractivity contribution is 5.87. The van der Waals surface area contributed by atoms with Crippen LogP contribution in [0.25, 0.3) is 21.8 Å². The third-order valence-electron chi connectivity index (χ3n) is 5.13. The van der Waals surface area contributed by atoms with E-state index in [1.54, 1.807) is 12.1 Å². The minimum Gasteiger partial charge on any atom is -0.493 e. The monoisotopic (exact) mass is 458 g/mol. The zero-order chi connectivity index (χ0) is 30.0. The van der Waals surface area contributed by atoms with Crippen LogP contribution in [-0.2, 0) is 0 Å². The fourth-order valence-corrected chi connectivity index (χ4v) is 3.56. The van der Waals surface area contributed by atoms with E-state index in [1.165, 1.54) is 31.6 Å². The molecule has 5 rings (SSSR count). The molecule has 172 valence electrons. The first-order chi connectivity index (χ1) is 19.1. The van der Waals surface area contributed by atoms with Gasteiger partial charge in [0.15, 0.2) is 23.1 Å². The minimum absolute atomic E-state index is 0.0341. The molecular weight excluding hydrogens is 423 g/mol. The van der Waals surface area contributed by atoms with E-state index in [0.29, 0.717) is 21.8 Å². The number of ether oxygens (including phenoxy) is 3. The Morgan fingerprint density at radius 1 is 1.12 bits per heavy atom. The molecule has 33 heavy (non-hydrogen) atoms. The number of hydrogen-bond donors (Lipinski definition) is 1. The van der Waals surface area contributed by atoms with Crippen molar-refractivity contribution in [1.82, 2.24) is 19.9 Å². The van der Waals surface area contributed by atoms with Gasteiger partial charge >= 0.3 is 0 Å². The van der Waals surface area contributed by atoms with E-state index in [4.69, 9.17) is 25.2 Å². The van der Waals surface area contributed by atoms with Crippen molar-refractivity contribution in [2.24, 2.45) is 0 Å². The number of methoxy groups -OCH3 is 1. The molecule has 1 fully saturated rings. The van der Waals surface area contributed by atoms with Gasteiger partial charge in [0.05, 0.1) is 24.6 Å². The van der Waals surface area contributed by atoms with Gasteiger partial charge in [0.1, 0.15) is 6.33 Å². The average molecular weight is 459 g/mol. The summed E-state index contributed by atoms with van der Waals surface area (Å²) in [7, 11) is 1.35. The summed E-state index contributed by atoms with van der Waals surface area (Å²) in [6.07, 6.45) is -6.19. The molecule has 0 atom stereocenters. The molecule has 3 heterocycles. The summed E-state index contributed by atoms with van der Waals surface area (Å²) in [5.41, 5.74) is 1.71. The lowest BCUT2D eigenvalue weighted by molar-refractivity contribution is 0.254. The maximum Gasteiger partial charge on any atom is 0.230 e. The number of fused-ring (bicyclic) bond motifs is 2. The number of aryl methyl sites for hydroxylation is 1. The molecular formula is C25H27FN4O3. The first kappa shape index (κ1) is 14.0. The second-order valence-electron chi connectivity index (χ2n) is 7.38. The van der Waals surface area contributed by atoms with Crippen LogP contribution >= 0.6 is 0 Å². The van der Waals surface area contributed by atoms with Crippen molar-refractivity contribution in [3.8, 4) is 23.1 Å². The van der Waals surface area contributed by atoms with Crippen molar-refractivity contribution < 1.29 is 29.6 Å². The smallest absolute Gasteiger partial charge is 0.230 e. The number of nitrogens with one attached hydrogen (secondary N) is 1. The van der Waals surface area contributed by atoms with Crippen molar-refractivity contribution in [1.29, 1.82) is 0 Å². The average Bonchev–Trinajstić information content (AvgIpc) is 3.39. The van der Waals surface area contributed by atoms with Crippen LogP contribution in [0.1, 0.15) is 35.8 Å². The molecule has 0 radical (unpaired) electrons. The number of rotatable bonds is 8. The Labute approximate surface area is 202 Å². The van der Waals surface area contributed by atoms with E-state index >= 15 is 4.39 Å². The predicted octanol–water partition coefficient (Wildman–Crippen LogP) is 5.22. The number of likely N-dealkylation sites (tertiary alicyclic amines) is 1. The van der Waals surface area contributed by atoms with Gasteiger partial charge in [-0.25, -0.2) is 14.4 Å². The van der Waals surface area contributed by atoms with Crippen molar-refractivity contribution in [3.05, 3.63) is 48.2 Å². The van der Waals surface area contributed by atoms with Gasteiger partial charge in [0.2, 0.25) is 5.88 Å². The fraction of sp³-hybridized carbons (Fsp3) is 0.360. The summed E-state index contributed by atoms with van der Waals surface area (Å²) < 4.78 is 97.1. The second kappa shape index (κ2) is 9.23. The number of aromatic nitrogens is 3. The highest BCUT2D eigenvalue weighted by atomic mass is 19.1. The van der Waals surface area contributed by atoms with E-state index in [-0.39, 0.29) is 23.1 Å². The predicted molar refractivity (Wildman–Crippen MR) is 125 cm³/mol. The largest absolute Gasteiger partial charge is 0.493 e. The van der Waals surface area contributed by atoms with Gasteiger partial charge in [-0.2, -0.15) is 0 Å². The quantitative estimate of drug-likeness (QED) is 0.390. The van der Waals surface area contributed by atoms with E-state index in [0.717, 1.165) is 10.6 Å². The van der Waals surface area contributed by atoms with Crippen molar-refractivity contribution in [2.45, 2.75) is 26.0 Å². The molecule has 1 saturated heterocycles. The summed E-state index contributed by atoms with van der Waals surface area (Å²) in [4.78, 5) is 12.2. The standard InChI is InChI=1S/C25H27FN4O3/c1-16-12-17-19(29-16)6-7-21(24(17)26)33-25-18-13-22(31-2)23(14-20(18)27-15-28-25)32-11-5-10-30-8-3-4-9-30/h6-7,12-15,29H,3-5,8-11H2,1-2H3/i3D2,4D2,5D2,10D2. The SMILES string of the molecule is [2H]C1([2H])CN(C([2H])([2H])C([2H])([2H])COc2cc3ncnc(Oc4ccc5[nH]c(C)cc5c4F)c3cc2OC)CC1([2H])[2H]. The van der Waals surface area contributed by atoms with Gasteiger partial charge in [-0.15, -0.1) is 0 Å². The molecule has 0 unspecified atom stereocenters. The zero-order valence-electron chi connectivity index (χ0n) is 26.0. The topological polar surface area (TPSA) is 72.5 Å². The summed E-state index contributed by atoms with van der Waals surface area (Å²) in [6.45, 7) is -3.00. The van der Waals surface area contributed by atoms with Gasteiger partial charge < -0.3 is 24.1 Å². The van der Waals surface area contributed by atoms with Gasteiger partial charge in [-0.05, 0) is 63.4 Å². The third-order valence-corrected chi connectivity index (χ3v) is 5.13. The number of hydrogen-bond acceptors (Lipinski definition) is 6. The second-order valence-corrected chi connectivity index (χ2v) is 7.38. The first-order valence-electron chi connectivity index (χ1n) is 14.2. The van der Waals surface area contributed by atoms with E-state index in [9.17, 15) is 0 Å². The third kappa shape index (κ3) is 4.43.